The van der Waals surface area contributed by atoms with Crippen molar-refractivity contribution in [2.45, 2.75) is 31.9 Å². The molecule has 0 saturated heterocycles. The first kappa shape index (κ1) is 23.3. The fraction of sp³-hybridized carbons (Fsp3) is 0.200. The number of nitrogens with one attached hydrogen (secondary N) is 1. The maximum absolute atomic E-state index is 12.8. The number of aliphatic hydroxyl groups is 1. The molecule has 0 aliphatic heterocycles. The molecule has 4 aromatic rings. The van der Waals surface area contributed by atoms with Crippen molar-refractivity contribution < 1.29 is 27.8 Å². The Hall–Kier alpha value is -3.85. The fourth-order valence-electron chi connectivity index (χ4n) is 3.69. The summed E-state index contributed by atoms with van der Waals surface area (Å²) < 4.78 is 46.2. The van der Waals surface area contributed by atoms with Gasteiger partial charge in [0, 0.05) is 5.39 Å². The lowest BCUT2D eigenvalue weighted by molar-refractivity contribution is -0.174. The zero-order valence-electron chi connectivity index (χ0n) is 18.2. The number of ether oxygens (including phenoxy) is 1. The first-order valence-corrected chi connectivity index (χ1v) is 10.5. The van der Waals surface area contributed by atoms with Gasteiger partial charge in [-0.3, -0.25) is 4.79 Å². The van der Waals surface area contributed by atoms with Crippen molar-refractivity contribution in [3.05, 3.63) is 90.1 Å². The molecular weight excluding hydrogens is 447 g/mol. The summed E-state index contributed by atoms with van der Waals surface area (Å²) in [4.78, 5) is 11.5. The van der Waals surface area contributed by atoms with Gasteiger partial charge in [-0.2, -0.15) is 18.3 Å². The maximum Gasteiger partial charge on any atom is 0.471 e. The largest absolute Gasteiger partial charge is 0.484 e. The summed E-state index contributed by atoms with van der Waals surface area (Å²) in [7, 11) is 0. The third-order valence-electron chi connectivity index (χ3n) is 5.34. The van der Waals surface area contributed by atoms with Crippen LogP contribution in [0.4, 0.5) is 13.2 Å². The van der Waals surface area contributed by atoms with Crippen LogP contribution in [0.15, 0.2) is 79.0 Å². The molecule has 0 unspecified atom stereocenters. The van der Waals surface area contributed by atoms with Gasteiger partial charge in [0.15, 0.2) is 0 Å². The molecule has 0 spiro atoms. The number of aromatic nitrogens is 2. The van der Waals surface area contributed by atoms with Gasteiger partial charge in [0.2, 0.25) is 0 Å². The summed E-state index contributed by atoms with van der Waals surface area (Å²) in [6.45, 7) is 1.38. The van der Waals surface area contributed by atoms with Crippen molar-refractivity contribution in [1.82, 2.24) is 15.1 Å². The summed E-state index contributed by atoms with van der Waals surface area (Å²) >= 11 is 0. The summed E-state index contributed by atoms with van der Waals surface area (Å²) in [6.07, 6.45) is -4.20. The lowest BCUT2D eigenvalue weighted by atomic mass is 10.0. The predicted octanol–water partition coefficient (Wildman–Crippen LogP) is 4.70. The van der Waals surface area contributed by atoms with E-state index in [4.69, 9.17) is 4.74 Å². The minimum Gasteiger partial charge on any atom is -0.484 e. The van der Waals surface area contributed by atoms with Crippen LogP contribution in [0.1, 0.15) is 24.2 Å². The smallest absolute Gasteiger partial charge is 0.471 e. The van der Waals surface area contributed by atoms with Crippen LogP contribution in [0.5, 0.6) is 5.75 Å². The van der Waals surface area contributed by atoms with Gasteiger partial charge in [0.1, 0.15) is 11.9 Å². The van der Waals surface area contributed by atoms with E-state index in [9.17, 15) is 23.1 Å². The molecule has 9 heteroatoms. The SMILES string of the molecule is C[C@H](NC(=O)C(F)(F)F)[C@@H](Oc1ccc2c(cnn2-c2cccc(CO)c2)c1)c1ccccc1. The predicted molar refractivity (Wildman–Crippen MR) is 120 cm³/mol. The van der Waals surface area contributed by atoms with Crippen LogP contribution >= 0.6 is 0 Å². The maximum atomic E-state index is 12.8. The number of amides is 1. The number of alkyl halides is 3. The number of hydrogen-bond acceptors (Lipinski definition) is 4. The zero-order valence-corrected chi connectivity index (χ0v) is 18.2. The molecule has 1 amide bonds. The lowest BCUT2D eigenvalue weighted by Crippen LogP contribution is -2.45. The standard InChI is InChI=1S/C25H22F3N3O3/c1-16(30-24(33)25(26,27)28)23(18-7-3-2-4-8-18)34-21-10-11-22-19(13-21)14-29-31(22)20-9-5-6-17(12-20)15-32/h2-14,16,23,32H,15H2,1H3,(H,30,33)/t16-,23+/m0/s1. The van der Waals surface area contributed by atoms with Crippen LogP contribution in [-0.4, -0.2) is 33.0 Å². The minimum atomic E-state index is -4.99. The van der Waals surface area contributed by atoms with Crippen LogP contribution in [0.25, 0.3) is 16.6 Å². The Morgan fingerprint density at radius 3 is 2.56 bits per heavy atom. The van der Waals surface area contributed by atoms with E-state index < -0.39 is 24.2 Å². The van der Waals surface area contributed by atoms with Gasteiger partial charge in [-0.25, -0.2) is 4.68 Å². The van der Waals surface area contributed by atoms with Gasteiger partial charge in [-0.05, 0) is 48.4 Å². The molecule has 0 radical (unpaired) electrons. The third-order valence-corrected chi connectivity index (χ3v) is 5.34. The van der Waals surface area contributed by atoms with E-state index in [0.29, 0.717) is 11.3 Å². The first-order valence-electron chi connectivity index (χ1n) is 10.5. The quantitative estimate of drug-likeness (QED) is 0.411. The molecule has 0 saturated carbocycles. The highest BCUT2D eigenvalue weighted by molar-refractivity contribution is 5.82. The average molecular weight is 469 g/mol. The molecule has 1 aromatic heterocycles. The number of hydrogen-bond donors (Lipinski definition) is 2. The Morgan fingerprint density at radius 2 is 1.85 bits per heavy atom. The van der Waals surface area contributed by atoms with E-state index in [2.05, 4.69) is 5.10 Å². The van der Waals surface area contributed by atoms with Crippen molar-refractivity contribution in [1.29, 1.82) is 0 Å². The number of aliphatic hydroxyl groups excluding tert-OH is 1. The van der Waals surface area contributed by atoms with Gasteiger partial charge in [-0.15, -0.1) is 0 Å². The molecule has 1 heterocycles. The molecule has 0 aliphatic carbocycles. The van der Waals surface area contributed by atoms with Gasteiger partial charge in [-0.1, -0.05) is 42.5 Å². The van der Waals surface area contributed by atoms with E-state index >= 15 is 0 Å². The van der Waals surface area contributed by atoms with E-state index in [-0.39, 0.29) is 6.61 Å². The molecule has 3 aromatic carbocycles. The first-order chi connectivity index (χ1) is 16.3. The third kappa shape index (κ3) is 5.04. The number of carbonyl (C=O) groups excluding carboxylic acids is 1. The fourth-order valence-corrected chi connectivity index (χ4v) is 3.69. The van der Waals surface area contributed by atoms with E-state index in [0.717, 1.165) is 22.2 Å². The van der Waals surface area contributed by atoms with Crippen molar-refractivity contribution in [3.8, 4) is 11.4 Å². The summed E-state index contributed by atoms with van der Waals surface area (Å²) in [5, 5.41) is 16.6. The summed E-state index contributed by atoms with van der Waals surface area (Å²) in [5.74, 6) is -1.61. The molecule has 2 N–H and O–H groups in total. The Bertz CT molecular complexity index is 1290. The molecule has 6 nitrogen and oxygen atoms in total. The van der Waals surface area contributed by atoms with Crippen LogP contribution in [0.2, 0.25) is 0 Å². The van der Waals surface area contributed by atoms with Crippen molar-refractivity contribution in [2.24, 2.45) is 0 Å². The highest BCUT2D eigenvalue weighted by Crippen LogP contribution is 2.29. The summed E-state index contributed by atoms with van der Waals surface area (Å²) in [5.41, 5.74) is 2.94. The second-order valence-corrected chi connectivity index (χ2v) is 7.81. The van der Waals surface area contributed by atoms with Crippen LogP contribution in [0.3, 0.4) is 0 Å². The normalized spacial score (nSPS) is 13.4. The van der Waals surface area contributed by atoms with Crippen molar-refractivity contribution in [3.63, 3.8) is 0 Å². The Kier molecular flexibility index (Phi) is 6.56. The lowest BCUT2D eigenvalue weighted by Gasteiger charge is -2.27. The molecule has 176 valence electrons. The topological polar surface area (TPSA) is 76.4 Å². The minimum absolute atomic E-state index is 0.0883. The van der Waals surface area contributed by atoms with Crippen LogP contribution in [0, 0.1) is 0 Å². The van der Waals surface area contributed by atoms with E-state index in [1.54, 1.807) is 59.4 Å². The van der Waals surface area contributed by atoms with Crippen LogP contribution < -0.4 is 10.1 Å². The van der Waals surface area contributed by atoms with Crippen molar-refractivity contribution in [2.75, 3.05) is 0 Å². The van der Waals surface area contributed by atoms with Gasteiger partial charge in [0.25, 0.3) is 0 Å². The highest BCUT2D eigenvalue weighted by Gasteiger charge is 2.40. The number of halogens is 3. The Morgan fingerprint density at radius 1 is 1.09 bits per heavy atom. The second-order valence-electron chi connectivity index (χ2n) is 7.81. The molecule has 4 rings (SSSR count). The highest BCUT2D eigenvalue weighted by atomic mass is 19.4. The molecular formula is C25H22F3N3O3. The van der Waals surface area contributed by atoms with Gasteiger partial charge in [0.05, 0.1) is 30.0 Å². The molecule has 0 fully saturated rings. The van der Waals surface area contributed by atoms with Gasteiger partial charge >= 0.3 is 12.1 Å². The van der Waals surface area contributed by atoms with Crippen molar-refractivity contribution >= 4 is 16.8 Å². The molecule has 34 heavy (non-hydrogen) atoms. The number of rotatable bonds is 7. The van der Waals surface area contributed by atoms with E-state index in [1.165, 1.54) is 6.92 Å². The molecule has 0 aliphatic rings. The Labute approximate surface area is 193 Å². The number of nitrogens with zero attached hydrogens (tertiary/aromatic N) is 2. The Balaban J connectivity index is 1.63. The monoisotopic (exact) mass is 469 g/mol. The molecule has 0 bridgehead atoms. The zero-order chi connectivity index (χ0) is 24.3. The van der Waals surface area contributed by atoms with E-state index in [1.807, 2.05) is 29.6 Å². The number of fused-ring (bicyclic) bond motifs is 1. The number of benzene rings is 3. The summed E-state index contributed by atoms with van der Waals surface area (Å²) in [6, 6.07) is 20.3. The number of carbonyl (C=O) groups is 1. The average Bonchev–Trinajstić information content (AvgIpc) is 3.25. The van der Waals surface area contributed by atoms with Crippen LogP contribution in [-0.2, 0) is 11.4 Å². The van der Waals surface area contributed by atoms with Gasteiger partial charge < -0.3 is 15.2 Å². The second kappa shape index (κ2) is 9.56. The molecule has 2 atom stereocenters.